The Morgan fingerprint density at radius 3 is 2.96 bits per heavy atom. The number of benzene rings is 1. The minimum Gasteiger partial charge on any atom is -0.474 e. The molecule has 1 aromatic rings. The summed E-state index contributed by atoms with van der Waals surface area (Å²) in [5.74, 6) is -0.463. The van der Waals surface area contributed by atoms with Gasteiger partial charge in [-0.05, 0) is 30.4 Å². The number of thiocarbonyl (C=S) groups is 1. The number of hydrogen-bond acceptors (Lipinski definition) is 8. The van der Waals surface area contributed by atoms with Crippen LogP contribution in [0.2, 0.25) is 0 Å². The van der Waals surface area contributed by atoms with Crippen molar-refractivity contribution in [2.75, 3.05) is 56.2 Å². The highest BCUT2D eigenvalue weighted by atomic mass is 32.1. The fraction of sp³-hybridized carbons (Fsp3) is 0.471. The third kappa shape index (κ3) is 4.60. The van der Waals surface area contributed by atoms with E-state index in [1.165, 1.54) is 24.4 Å². The van der Waals surface area contributed by atoms with Crippen molar-refractivity contribution >= 4 is 41.2 Å². The lowest BCUT2D eigenvalue weighted by molar-refractivity contribution is 0.142. The molecule has 2 N–H and O–H groups in total. The number of methoxy groups -OCH3 is 1. The van der Waals surface area contributed by atoms with E-state index >= 15 is 0 Å². The maximum absolute atomic E-state index is 14.7. The van der Waals surface area contributed by atoms with Crippen LogP contribution in [0.3, 0.4) is 0 Å². The first-order chi connectivity index (χ1) is 13.5. The number of carbonyl (C=O) groups excluding carboxylic acids is 1. The number of hydrogen-bond donors (Lipinski definition) is 2. The smallest absolute Gasteiger partial charge is 0.414 e. The van der Waals surface area contributed by atoms with Crippen molar-refractivity contribution in [3.63, 3.8) is 0 Å². The Labute approximate surface area is 167 Å². The van der Waals surface area contributed by atoms with E-state index in [2.05, 4.69) is 10.4 Å². The molecule has 1 aromatic carbocycles. The number of nitrogens with one attached hydrogen (secondary N) is 1. The fourth-order valence-corrected chi connectivity index (χ4v) is 3.03. The number of halogens is 1. The van der Waals surface area contributed by atoms with E-state index in [4.69, 9.17) is 26.8 Å². The van der Waals surface area contributed by atoms with Crippen LogP contribution >= 0.6 is 12.2 Å². The number of aliphatic hydroxyl groups excluding tert-OH is 1. The number of amides is 1. The lowest BCUT2D eigenvalue weighted by Crippen LogP contribution is -2.39. The lowest BCUT2D eigenvalue weighted by Gasteiger charge is -2.30. The first-order valence-electron chi connectivity index (χ1n) is 8.78. The van der Waals surface area contributed by atoms with Crippen LogP contribution in [0, 0.1) is 5.82 Å². The summed E-state index contributed by atoms with van der Waals surface area (Å²) in [6, 6.07) is 4.58. The summed E-state index contributed by atoms with van der Waals surface area (Å²) >= 11 is 4.89. The van der Waals surface area contributed by atoms with E-state index in [9.17, 15) is 9.18 Å². The molecule has 0 saturated carbocycles. The number of ether oxygens (including phenoxy) is 2. The Bertz CT molecular complexity index is 765. The van der Waals surface area contributed by atoms with Gasteiger partial charge < -0.3 is 24.8 Å². The number of aliphatic hydroxyl groups is 1. The Morgan fingerprint density at radius 2 is 2.32 bits per heavy atom. The summed E-state index contributed by atoms with van der Waals surface area (Å²) in [5.41, 5.74) is 0.784. The molecule has 2 aliphatic rings. The first-order valence-corrected chi connectivity index (χ1v) is 9.18. The highest BCUT2D eigenvalue weighted by Gasteiger charge is 2.33. The van der Waals surface area contributed by atoms with Gasteiger partial charge in [-0.15, -0.1) is 0 Å². The van der Waals surface area contributed by atoms with Gasteiger partial charge in [0.05, 0.1) is 51.3 Å². The summed E-state index contributed by atoms with van der Waals surface area (Å²) < 4.78 is 24.8. The average molecular weight is 411 g/mol. The molecule has 1 unspecified atom stereocenters. The third-order valence-corrected chi connectivity index (χ3v) is 4.71. The Balaban J connectivity index is 1.65. The molecular formula is C17H22FN5O4S. The Kier molecular flexibility index (Phi) is 6.47. The number of anilines is 2. The van der Waals surface area contributed by atoms with Crippen LogP contribution in [0.25, 0.3) is 0 Å². The molecule has 9 nitrogen and oxygen atoms in total. The van der Waals surface area contributed by atoms with Gasteiger partial charge in [-0.1, -0.05) is 0 Å². The summed E-state index contributed by atoms with van der Waals surface area (Å²) in [5, 5.41) is 17.9. The molecule has 2 aliphatic heterocycles. The van der Waals surface area contributed by atoms with Crippen LogP contribution in [0.4, 0.5) is 20.6 Å². The van der Waals surface area contributed by atoms with Crippen LogP contribution in [0.1, 0.15) is 0 Å². The molecule has 0 radical (unpaired) electrons. The van der Waals surface area contributed by atoms with Crippen LogP contribution in [-0.4, -0.2) is 80.3 Å². The summed E-state index contributed by atoms with van der Waals surface area (Å²) in [4.78, 5) is 15.2. The van der Waals surface area contributed by atoms with Crippen molar-refractivity contribution in [1.82, 2.24) is 10.3 Å². The largest absolute Gasteiger partial charge is 0.474 e. The highest BCUT2D eigenvalue weighted by molar-refractivity contribution is 7.80. The molecule has 152 valence electrons. The number of nitrogens with zero attached hydrogens (tertiary/aromatic N) is 4. The molecular weight excluding hydrogens is 389 g/mol. The summed E-state index contributed by atoms with van der Waals surface area (Å²) in [7, 11) is 1.45. The summed E-state index contributed by atoms with van der Waals surface area (Å²) in [6.07, 6.45) is 0.568. The fourth-order valence-electron chi connectivity index (χ4n) is 2.95. The second-order valence-electron chi connectivity index (χ2n) is 6.23. The minimum absolute atomic E-state index is 0.0140. The lowest BCUT2D eigenvalue weighted by atomic mass is 10.2. The maximum atomic E-state index is 14.7. The zero-order valence-electron chi connectivity index (χ0n) is 15.4. The van der Waals surface area contributed by atoms with Gasteiger partial charge in [-0.3, -0.25) is 9.91 Å². The Morgan fingerprint density at radius 1 is 1.50 bits per heavy atom. The molecule has 0 spiro atoms. The number of carbonyl (C=O) groups is 1. The second kappa shape index (κ2) is 9.02. The normalized spacial score (nSPS) is 19.0. The van der Waals surface area contributed by atoms with Crippen LogP contribution in [0.15, 0.2) is 23.3 Å². The molecule has 0 aliphatic carbocycles. The summed E-state index contributed by atoms with van der Waals surface area (Å²) in [6.45, 7) is 2.16. The third-order valence-electron chi connectivity index (χ3n) is 4.40. The molecule has 28 heavy (non-hydrogen) atoms. The van der Waals surface area contributed by atoms with Gasteiger partial charge in [-0.25, -0.2) is 9.18 Å². The molecule has 1 atom stereocenters. The number of hydrazone groups is 1. The van der Waals surface area contributed by atoms with E-state index in [-0.39, 0.29) is 18.3 Å². The molecule has 1 amide bonds. The van der Waals surface area contributed by atoms with Crippen molar-refractivity contribution < 1.29 is 23.8 Å². The number of β-amino-alcohol motifs (C(OH)–C–C–N with tert-alkyl or cyclic N) is 1. The Hall–Kier alpha value is -2.66. The molecule has 2 heterocycles. The minimum atomic E-state index is -0.540. The van der Waals surface area contributed by atoms with E-state index in [1.54, 1.807) is 22.0 Å². The standard InChI is InChI=1S/C17H22FN5O4S/c1-26-16(28)19-9-13-10-23(17(25)27-13)12-2-3-15(14(18)8-12)21-4-5-22(6-7-24)20-11-21/h2-3,8,11,13,24H,4-7,9-10H2,1H3,(H,19,28). The molecule has 1 saturated heterocycles. The zero-order chi connectivity index (χ0) is 20.1. The topological polar surface area (TPSA) is 89.9 Å². The van der Waals surface area contributed by atoms with Gasteiger partial charge >= 0.3 is 6.09 Å². The number of rotatable bonds is 6. The van der Waals surface area contributed by atoms with Gasteiger partial charge in [0, 0.05) is 6.54 Å². The van der Waals surface area contributed by atoms with Gasteiger partial charge in [-0.2, -0.15) is 5.10 Å². The van der Waals surface area contributed by atoms with Gasteiger partial charge in [0.2, 0.25) is 0 Å². The van der Waals surface area contributed by atoms with Crippen molar-refractivity contribution in [3.8, 4) is 0 Å². The maximum Gasteiger partial charge on any atom is 0.414 e. The van der Waals surface area contributed by atoms with Gasteiger partial charge in [0.15, 0.2) is 0 Å². The van der Waals surface area contributed by atoms with Crippen molar-refractivity contribution in [2.45, 2.75) is 6.10 Å². The monoisotopic (exact) mass is 411 g/mol. The molecule has 1 fully saturated rings. The molecule has 0 aromatic heterocycles. The average Bonchev–Trinajstić information content (AvgIpc) is 3.07. The van der Waals surface area contributed by atoms with E-state index in [0.29, 0.717) is 37.6 Å². The second-order valence-corrected chi connectivity index (χ2v) is 6.60. The molecule has 11 heteroatoms. The molecule has 0 bridgehead atoms. The molecule has 3 rings (SSSR count). The SMILES string of the molecule is COC(=S)NCC1CN(c2ccc(N3C=NN(CCO)CC3)c(F)c2)C(=O)O1. The van der Waals surface area contributed by atoms with Gasteiger partial charge in [0.1, 0.15) is 18.3 Å². The van der Waals surface area contributed by atoms with Crippen LogP contribution in [-0.2, 0) is 9.47 Å². The van der Waals surface area contributed by atoms with Crippen molar-refractivity contribution in [2.24, 2.45) is 5.10 Å². The highest BCUT2D eigenvalue weighted by Crippen LogP contribution is 2.28. The zero-order valence-corrected chi connectivity index (χ0v) is 16.2. The van der Waals surface area contributed by atoms with E-state index < -0.39 is 18.0 Å². The van der Waals surface area contributed by atoms with Crippen molar-refractivity contribution in [1.29, 1.82) is 0 Å². The van der Waals surface area contributed by atoms with Crippen molar-refractivity contribution in [3.05, 3.63) is 24.0 Å². The quantitative estimate of drug-likeness (QED) is 0.663. The van der Waals surface area contributed by atoms with E-state index in [0.717, 1.165) is 0 Å². The first kappa shape index (κ1) is 20.1. The number of cyclic esters (lactones) is 1. The van der Waals surface area contributed by atoms with Crippen LogP contribution in [0.5, 0.6) is 0 Å². The predicted molar refractivity (Wildman–Crippen MR) is 106 cm³/mol. The predicted octanol–water partition coefficient (Wildman–Crippen LogP) is 0.729. The van der Waals surface area contributed by atoms with E-state index in [1.807, 2.05) is 0 Å². The van der Waals surface area contributed by atoms with Gasteiger partial charge in [0.25, 0.3) is 5.17 Å². The van der Waals surface area contributed by atoms with Crippen LogP contribution < -0.4 is 15.1 Å².